The molecule has 0 unspecified atom stereocenters. The maximum Gasteiger partial charge on any atom is 0.0957 e. The van der Waals surface area contributed by atoms with Crippen LogP contribution in [0.15, 0.2) is 18.3 Å². The lowest BCUT2D eigenvalue weighted by Crippen LogP contribution is -2.25. The van der Waals surface area contributed by atoms with E-state index in [2.05, 4.69) is 29.8 Å². The predicted octanol–water partition coefficient (Wildman–Crippen LogP) is 3.15. The first-order chi connectivity index (χ1) is 8.22. The molecule has 0 spiro atoms. The van der Waals surface area contributed by atoms with Crippen molar-refractivity contribution in [3.05, 3.63) is 24.0 Å². The topological polar surface area (TPSA) is 36.4 Å². The van der Waals surface area contributed by atoms with E-state index in [1.165, 1.54) is 0 Å². The Hall–Kier alpha value is -1.09. The fourth-order valence-electron chi connectivity index (χ4n) is 1.90. The molecule has 0 aromatic carbocycles. The Morgan fingerprint density at radius 3 is 2.24 bits per heavy atom. The summed E-state index contributed by atoms with van der Waals surface area (Å²) in [5.74, 6) is 0. The van der Waals surface area contributed by atoms with Gasteiger partial charge in [0.2, 0.25) is 0 Å². The van der Waals surface area contributed by atoms with E-state index in [1.54, 1.807) is 0 Å². The van der Waals surface area contributed by atoms with Crippen molar-refractivity contribution in [1.82, 2.24) is 4.98 Å². The van der Waals surface area contributed by atoms with Gasteiger partial charge in [-0.2, -0.15) is 0 Å². The van der Waals surface area contributed by atoms with E-state index in [4.69, 9.17) is 0 Å². The summed E-state index contributed by atoms with van der Waals surface area (Å²) in [7, 11) is 0. The summed E-state index contributed by atoms with van der Waals surface area (Å²) in [4.78, 5) is 6.69. The number of anilines is 1. The highest BCUT2D eigenvalue weighted by Crippen LogP contribution is 2.18. The zero-order valence-corrected chi connectivity index (χ0v) is 11.2. The van der Waals surface area contributed by atoms with Crippen molar-refractivity contribution < 1.29 is 5.11 Å². The normalized spacial score (nSPS) is 12.5. The van der Waals surface area contributed by atoms with E-state index in [1.807, 2.05) is 19.2 Å². The van der Waals surface area contributed by atoms with Crippen molar-refractivity contribution in [2.45, 2.75) is 46.1 Å². The molecule has 0 fully saturated rings. The van der Waals surface area contributed by atoms with Gasteiger partial charge in [0.15, 0.2) is 0 Å². The molecule has 0 aliphatic heterocycles. The van der Waals surface area contributed by atoms with E-state index in [-0.39, 0.29) is 0 Å². The largest absolute Gasteiger partial charge is 0.387 e. The molecule has 3 heteroatoms. The summed E-state index contributed by atoms with van der Waals surface area (Å²) in [6.45, 7) is 8.45. The van der Waals surface area contributed by atoms with Gasteiger partial charge in [-0.15, -0.1) is 0 Å². The van der Waals surface area contributed by atoms with Gasteiger partial charge in [0, 0.05) is 13.1 Å². The molecule has 1 aromatic rings. The molecule has 17 heavy (non-hydrogen) atoms. The smallest absolute Gasteiger partial charge is 0.0957 e. The van der Waals surface area contributed by atoms with Gasteiger partial charge in [-0.3, -0.25) is 4.98 Å². The molecule has 0 radical (unpaired) electrons. The quantitative estimate of drug-likeness (QED) is 0.790. The maximum absolute atomic E-state index is 9.69. The van der Waals surface area contributed by atoms with E-state index in [9.17, 15) is 5.11 Å². The monoisotopic (exact) mass is 236 g/mol. The van der Waals surface area contributed by atoms with E-state index < -0.39 is 6.10 Å². The molecule has 96 valence electrons. The van der Waals surface area contributed by atoms with Crippen molar-refractivity contribution in [2.24, 2.45) is 0 Å². The van der Waals surface area contributed by atoms with E-state index in [0.717, 1.165) is 37.3 Å². The molecule has 1 heterocycles. The van der Waals surface area contributed by atoms with Crippen LogP contribution < -0.4 is 4.90 Å². The third-order valence-electron chi connectivity index (χ3n) is 2.85. The van der Waals surface area contributed by atoms with Crippen molar-refractivity contribution in [3.8, 4) is 0 Å². The highest BCUT2D eigenvalue weighted by molar-refractivity contribution is 5.44. The molecule has 1 atom stereocenters. The first-order valence-electron chi connectivity index (χ1n) is 6.61. The zero-order chi connectivity index (χ0) is 12.7. The lowest BCUT2D eigenvalue weighted by Gasteiger charge is -2.23. The maximum atomic E-state index is 9.69. The molecule has 0 saturated heterocycles. The van der Waals surface area contributed by atoms with Crippen LogP contribution in [0.4, 0.5) is 5.69 Å². The van der Waals surface area contributed by atoms with Gasteiger partial charge in [0.1, 0.15) is 0 Å². The first-order valence-corrected chi connectivity index (χ1v) is 6.61. The lowest BCUT2D eigenvalue weighted by molar-refractivity contribution is 0.169. The molecule has 1 N–H and O–H groups in total. The Kier molecular flexibility index (Phi) is 5.98. The highest BCUT2D eigenvalue weighted by Gasteiger charge is 2.08. The number of hydrogen-bond acceptors (Lipinski definition) is 3. The van der Waals surface area contributed by atoms with Gasteiger partial charge in [0.25, 0.3) is 0 Å². The fraction of sp³-hybridized carbons (Fsp3) is 0.643. The van der Waals surface area contributed by atoms with Crippen LogP contribution in [0.1, 0.15) is 51.8 Å². The van der Waals surface area contributed by atoms with Gasteiger partial charge in [-0.05, 0) is 31.4 Å². The van der Waals surface area contributed by atoms with Gasteiger partial charge < -0.3 is 10.0 Å². The van der Waals surface area contributed by atoms with E-state index in [0.29, 0.717) is 6.42 Å². The second-order valence-corrected chi connectivity index (χ2v) is 4.35. The molecular formula is C14H24N2O. The van der Waals surface area contributed by atoms with Crippen molar-refractivity contribution in [1.29, 1.82) is 0 Å². The van der Waals surface area contributed by atoms with E-state index >= 15 is 0 Å². The molecule has 0 aliphatic carbocycles. The average Bonchev–Trinajstić information content (AvgIpc) is 2.38. The Balaban J connectivity index is 2.76. The minimum Gasteiger partial charge on any atom is -0.387 e. The van der Waals surface area contributed by atoms with Crippen LogP contribution >= 0.6 is 0 Å². The van der Waals surface area contributed by atoms with Gasteiger partial charge in [-0.25, -0.2) is 0 Å². The second kappa shape index (κ2) is 7.28. The fourth-order valence-corrected chi connectivity index (χ4v) is 1.90. The number of aliphatic hydroxyl groups is 1. The molecule has 0 aliphatic rings. The standard InChI is InChI=1S/C14H24N2O/c1-4-9-16(10-5-2)12-7-8-13(15-11-12)14(17)6-3/h7-8,11,14,17H,4-6,9-10H2,1-3H3/t14-/m1/s1. The second-order valence-electron chi connectivity index (χ2n) is 4.35. The molecule has 0 amide bonds. The predicted molar refractivity (Wildman–Crippen MR) is 72.3 cm³/mol. The van der Waals surface area contributed by atoms with Gasteiger partial charge >= 0.3 is 0 Å². The van der Waals surface area contributed by atoms with Crippen LogP contribution in [0.5, 0.6) is 0 Å². The average molecular weight is 236 g/mol. The van der Waals surface area contributed by atoms with Crippen LogP contribution in [0.25, 0.3) is 0 Å². The van der Waals surface area contributed by atoms with Crippen LogP contribution in [-0.2, 0) is 0 Å². The molecular weight excluding hydrogens is 212 g/mol. The summed E-state index contributed by atoms with van der Waals surface area (Å²) in [5.41, 5.74) is 1.92. The molecule has 1 aromatic heterocycles. The number of aliphatic hydroxyl groups excluding tert-OH is 1. The minimum atomic E-state index is -0.435. The van der Waals surface area contributed by atoms with Crippen LogP contribution in [0.2, 0.25) is 0 Å². The number of nitrogens with zero attached hydrogens (tertiary/aromatic N) is 2. The molecule has 0 bridgehead atoms. The lowest BCUT2D eigenvalue weighted by atomic mass is 10.2. The summed E-state index contributed by atoms with van der Waals surface area (Å²) < 4.78 is 0. The minimum absolute atomic E-state index is 0.435. The number of hydrogen-bond donors (Lipinski definition) is 1. The summed E-state index contributed by atoms with van der Waals surface area (Å²) >= 11 is 0. The van der Waals surface area contributed by atoms with Crippen molar-refractivity contribution >= 4 is 5.69 Å². The summed E-state index contributed by atoms with van der Waals surface area (Å²) in [5, 5.41) is 9.69. The van der Waals surface area contributed by atoms with Gasteiger partial charge in [0.05, 0.1) is 23.7 Å². The van der Waals surface area contributed by atoms with Crippen LogP contribution in [-0.4, -0.2) is 23.2 Å². The molecule has 3 nitrogen and oxygen atoms in total. The SMILES string of the molecule is CCCN(CCC)c1ccc([C@H](O)CC)nc1. The Bertz CT molecular complexity index is 305. The number of rotatable bonds is 7. The zero-order valence-electron chi connectivity index (χ0n) is 11.2. The third-order valence-corrected chi connectivity index (χ3v) is 2.85. The third kappa shape index (κ3) is 4.00. The summed E-state index contributed by atoms with van der Waals surface area (Å²) in [6.07, 6.45) is 4.42. The molecule has 0 saturated carbocycles. The Morgan fingerprint density at radius 1 is 1.18 bits per heavy atom. The Labute approximate surface area is 104 Å². The number of aromatic nitrogens is 1. The highest BCUT2D eigenvalue weighted by atomic mass is 16.3. The molecule has 1 rings (SSSR count). The first kappa shape index (κ1) is 14.0. The van der Waals surface area contributed by atoms with Crippen LogP contribution in [0, 0.1) is 0 Å². The van der Waals surface area contributed by atoms with Crippen molar-refractivity contribution in [2.75, 3.05) is 18.0 Å². The Morgan fingerprint density at radius 2 is 1.82 bits per heavy atom. The van der Waals surface area contributed by atoms with Crippen molar-refractivity contribution in [3.63, 3.8) is 0 Å². The number of pyridine rings is 1. The van der Waals surface area contributed by atoms with Crippen LogP contribution in [0.3, 0.4) is 0 Å². The summed E-state index contributed by atoms with van der Waals surface area (Å²) in [6, 6.07) is 3.99. The van der Waals surface area contributed by atoms with Gasteiger partial charge in [-0.1, -0.05) is 20.8 Å².